The van der Waals surface area contributed by atoms with Crippen LogP contribution in [-0.2, 0) is 9.53 Å². The van der Waals surface area contributed by atoms with Gasteiger partial charge in [-0.05, 0) is 33.0 Å². The smallest absolute Gasteiger partial charge is 0.167 e. The molecular weight excluding hydrogens is 154 g/mol. The normalized spacial score (nSPS) is 31.9. The summed E-state index contributed by atoms with van der Waals surface area (Å²) >= 11 is 0. The van der Waals surface area contributed by atoms with Crippen molar-refractivity contribution in [1.29, 1.82) is 0 Å². The first kappa shape index (κ1) is 8.20. The van der Waals surface area contributed by atoms with Crippen LogP contribution in [0.5, 0.6) is 0 Å². The van der Waals surface area contributed by atoms with Gasteiger partial charge in [-0.25, -0.2) is 0 Å². The van der Waals surface area contributed by atoms with Crippen LogP contribution in [0, 0.1) is 5.92 Å². The Bertz CT molecular complexity index is 181. The first-order valence-corrected chi connectivity index (χ1v) is 4.61. The van der Waals surface area contributed by atoms with Gasteiger partial charge < -0.3 is 9.64 Å². The molecule has 12 heavy (non-hydrogen) atoms. The van der Waals surface area contributed by atoms with E-state index in [-0.39, 0.29) is 12.0 Å². The van der Waals surface area contributed by atoms with Crippen LogP contribution in [-0.4, -0.2) is 43.5 Å². The largest absolute Gasteiger partial charge is 0.365 e. The molecule has 0 saturated carbocycles. The van der Waals surface area contributed by atoms with Crippen molar-refractivity contribution in [3.63, 3.8) is 0 Å². The molecule has 0 aromatic carbocycles. The molecule has 2 fully saturated rings. The molecule has 0 spiro atoms. The van der Waals surface area contributed by atoms with E-state index in [1.54, 1.807) is 0 Å². The van der Waals surface area contributed by atoms with Gasteiger partial charge in [-0.3, -0.25) is 4.79 Å². The minimum atomic E-state index is -0.0293. The van der Waals surface area contributed by atoms with Crippen LogP contribution in [0.4, 0.5) is 0 Å². The zero-order valence-electron chi connectivity index (χ0n) is 7.45. The standard InChI is InChI=1S/C9H15NO2/c1-10-4-2-7(3-5-10)9(11)8-6-12-8/h7-8H,2-6H2,1H3. The van der Waals surface area contributed by atoms with Crippen LogP contribution in [0.2, 0.25) is 0 Å². The fraction of sp³-hybridized carbons (Fsp3) is 0.889. The van der Waals surface area contributed by atoms with E-state index < -0.39 is 0 Å². The molecular formula is C9H15NO2. The number of carbonyl (C=O) groups is 1. The summed E-state index contributed by atoms with van der Waals surface area (Å²) in [4.78, 5) is 13.8. The van der Waals surface area contributed by atoms with E-state index in [9.17, 15) is 4.79 Å². The number of Topliss-reactive ketones (excluding diaryl/α,β-unsaturated/α-hetero) is 1. The van der Waals surface area contributed by atoms with E-state index in [1.807, 2.05) is 0 Å². The van der Waals surface area contributed by atoms with Gasteiger partial charge in [-0.15, -0.1) is 0 Å². The molecule has 2 heterocycles. The Kier molecular flexibility index (Phi) is 2.15. The summed E-state index contributed by atoms with van der Waals surface area (Å²) in [6.45, 7) is 2.79. The Hall–Kier alpha value is -0.410. The first-order chi connectivity index (χ1) is 5.77. The molecule has 0 aromatic heterocycles. The van der Waals surface area contributed by atoms with Crippen LogP contribution in [0.25, 0.3) is 0 Å². The maximum absolute atomic E-state index is 11.5. The summed E-state index contributed by atoms with van der Waals surface area (Å²) in [5.74, 6) is 0.636. The lowest BCUT2D eigenvalue weighted by atomic mass is 9.91. The molecule has 0 radical (unpaired) electrons. The minimum absolute atomic E-state index is 0.0293. The third kappa shape index (κ3) is 1.67. The number of hydrogen-bond donors (Lipinski definition) is 0. The van der Waals surface area contributed by atoms with Crippen molar-refractivity contribution in [2.24, 2.45) is 5.92 Å². The number of rotatable bonds is 2. The zero-order valence-corrected chi connectivity index (χ0v) is 7.45. The molecule has 1 atom stereocenters. The third-order valence-corrected chi connectivity index (χ3v) is 2.77. The highest BCUT2D eigenvalue weighted by Gasteiger charge is 2.36. The average molecular weight is 169 g/mol. The lowest BCUT2D eigenvalue weighted by Gasteiger charge is -2.27. The van der Waals surface area contributed by atoms with Gasteiger partial charge in [0.1, 0.15) is 6.10 Å². The van der Waals surface area contributed by atoms with E-state index in [0.29, 0.717) is 12.4 Å². The monoisotopic (exact) mass is 169 g/mol. The molecule has 0 bridgehead atoms. The third-order valence-electron chi connectivity index (χ3n) is 2.77. The number of epoxide rings is 1. The summed E-state index contributed by atoms with van der Waals surface area (Å²) in [6.07, 6.45) is 2.02. The molecule has 3 heteroatoms. The summed E-state index contributed by atoms with van der Waals surface area (Å²) in [5.41, 5.74) is 0. The topological polar surface area (TPSA) is 32.8 Å². The van der Waals surface area contributed by atoms with Crippen LogP contribution < -0.4 is 0 Å². The molecule has 2 rings (SSSR count). The van der Waals surface area contributed by atoms with Gasteiger partial charge in [0.15, 0.2) is 5.78 Å². The fourth-order valence-corrected chi connectivity index (χ4v) is 1.77. The van der Waals surface area contributed by atoms with Gasteiger partial charge >= 0.3 is 0 Å². The van der Waals surface area contributed by atoms with Gasteiger partial charge in [-0.1, -0.05) is 0 Å². The van der Waals surface area contributed by atoms with Gasteiger partial charge in [0.2, 0.25) is 0 Å². The van der Waals surface area contributed by atoms with Crippen molar-refractivity contribution in [1.82, 2.24) is 4.90 Å². The Morgan fingerprint density at radius 1 is 1.42 bits per heavy atom. The quantitative estimate of drug-likeness (QED) is 0.557. The van der Waals surface area contributed by atoms with E-state index in [1.165, 1.54) is 0 Å². The zero-order chi connectivity index (χ0) is 8.55. The van der Waals surface area contributed by atoms with Crippen molar-refractivity contribution in [2.45, 2.75) is 18.9 Å². The Morgan fingerprint density at radius 3 is 2.50 bits per heavy atom. The lowest BCUT2D eigenvalue weighted by Crippen LogP contribution is -2.35. The van der Waals surface area contributed by atoms with E-state index in [0.717, 1.165) is 25.9 Å². The summed E-state index contributed by atoms with van der Waals surface area (Å²) in [5, 5.41) is 0. The van der Waals surface area contributed by atoms with E-state index in [4.69, 9.17) is 4.74 Å². The van der Waals surface area contributed by atoms with Crippen LogP contribution in [0.15, 0.2) is 0 Å². The van der Waals surface area contributed by atoms with E-state index >= 15 is 0 Å². The molecule has 1 unspecified atom stereocenters. The molecule has 0 amide bonds. The van der Waals surface area contributed by atoms with Crippen molar-refractivity contribution in [3.05, 3.63) is 0 Å². The number of carbonyl (C=O) groups excluding carboxylic acids is 1. The highest BCUT2D eigenvalue weighted by atomic mass is 16.6. The number of hydrogen-bond acceptors (Lipinski definition) is 3. The van der Waals surface area contributed by atoms with Crippen LogP contribution in [0.1, 0.15) is 12.8 Å². The van der Waals surface area contributed by atoms with Gasteiger partial charge in [0, 0.05) is 5.92 Å². The predicted molar refractivity (Wildman–Crippen MR) is 45.0 cm³/mol. The van der Waals surface area contributed by atoms with Gasteiger partial charge in [0.05, 0.1) is 6.61 Å². The van der Waals surface area contributed by atoms with E-state index in [2.05, 4.69) is 11.9 Å². The molecule has 0 N–H and O–H groups in total. The summed E-state index contributed by atoms with van der Waals surface area (Å²) in [6, 6.07) is 0. The maximum Gasteiger partial charge on any atom is 0.167 e. The minimum Gasteiger partial charge on any atom is -0.365 e. The Labute approximate surface area is 72.7 Å². The lowest BCUT2D eigenvalue weighted by molar-refractivity contribution is -0.125. The number of piperidine rings is 1. The number of nitrogens with zero attached hydrogens (tertiary/aromatic N) is 1. The molecule has 2 saturated heterocycles. The first-order valence-electron chi connectivity index (χ1n) is 4.61. The maximum atomic E-state index is 11.5. The van der Waals surface area contributed by atoms with Gasteiger partial charge in [-0.2, -0.15) is 0 Å². The van der Waals surface area contributed by atoms with Crippen molar-refractivity contribution < 1.29 is 9.53 Å². The Morgan fingerprint density at radius 2 is 2.00 bits per heavy atom. The van der Waals surface area contributed by atoms with Crippen molar-refractivity contribution in [2.75, 3.05) is 26.7 Å². The van der Waals surface area contributed by atoms with Gasteiger partial charge in [0.25, 0.3) is 0 Å². The van der Waals surface area contributed by atoms with Crippen molar-refractivity contribution >= 4 is 5.78 Å². The van der Waals surface area contributed by atoms with Crippen LogP contribution in [0.3, 0.4) is 0 Å². The average Bonchev–Trinajstić information content (AvgIpc) is 2.87. The van der Waals surface area contributed by atoms with Crippen molar-refractivity contribution in [3.8, 4) is 0 Å². The predicted octanol–water partition coefficient (Wildman–Crippen LogP) is 0.296. The summed E-state index contributed by atoms with van der Waals surface area (Å²) in [7, 11) is 2.11. The fourth-order valence-electron chi connectivity index (χ4n) is 1.77. The van der Waals surface area contributed by atoms with Crippen LogP contribution >= 0.6 is 0 Å². The SMILES string of the molecule is CN1CCC(C(=O)C2CO2)CC1. The molecule has 0 aliphatic carbocycles. The highest BCUT2D eigenvalue weighted by Crippen LogP contribution is 2.23. The molecule has 2 aliphatic heterocycles. The molecule has 0 aromatic rings. The summed E-state index contributed by atoms with van der Waals surface area (Å²) < 4.78 is 4.99. The second kappa shape index (κ2) is 3.15. The molecule has 68 valence electrons. The number of ether oxygens (including phenoxy) is 1. The molecule has 2 aliphatic rings. The second-order valence-electron chi connectivity index (χ2n) is 3.80. The number of ketones is 1. The number of likely N-dealkylation sites (tertiary alicyclic amines) is 1. The highest BCUT2D eigenvalue weighted by molar-refractivity contribution is 5.87. The second-order valence-corrected chi connectivity index (χ2v) is 3.80. The Balaban J connectivity index is 1.84. The molecule has 3 nitrogen and oxygen atoms in total.